The van der Waals surface area contributed by atoms with Crippen molar-refractivity contribution in [3.8, 4) is 0 Å². The van der Waals surface area contributed by atoms with E-state index in [-0.39, 0.29) is 11.3 Å². The highest BCUT2D eigenvalue weighted by atomic mass is 16.1. The number of nitrogens with zero attached hydrogens (tertiary/aromatic N) is 4. The Morgan fingerprint density at radius 3 is 2.84 bits per heavy atom. The molecule has 2 N–H and O–H groups in total. The molecule has 2 fully saturated rings. The number of rotatable bonds is 3. The molecule has 0 aromatic carbocycles. The van der Waals surface area contributed by atoms with Crippen LogP contribution in [0.4, 0.5) is 0 Å². The van der Waals surface area contributed by atoms with E-state index in [0.717, 1.165) is 57.1 Å². The van der Waals surface area contributed by atoms with Gasteiger partial charge >= 0.3 is 0 Å². The molecular formula is C18H30N6O. The second kappa shape index (κ2) is 7.06. The van der Waals surface area contributed by atoms with E-state index < -0.39 is 0 Å². The van der Waals surface area contributed by atoms with Crippen LogP contribution in [-0.4, -0.2) is 59.8 Å². The zero-order valence-corrected chi connectivity index (χ0v) is 15.9. The predicted molar refractivity (Wildman–Crippen MR) is 98.6 cm³/mol. The lowest BCUT2D eigenvalue weighted by molar-refractivity contribution is -0.119. The van der Waals surface area contributed by atoms with Crippen molar-refractivity contribution in [1.29, 1.82) is 0 Å². The predicted octanol–water partition coefficient (Wildman–Crippen LogP) is 0.757. The van der Waals surface area contributed by atoms with Gasteiger partial charge < -0.3 is 15.5 Å². The minimum absolute atomic E-state index is 0.0868. The molecule has 0 saturated carbocycles. The molecule has 2 aliphatic heterocycles. The smallest absolute Gasteiger partial charge is 0.220 e. The lowest BCUT2D eigenvalue weighted by Crippen LogP contribution is -2.51. The molecule has 1 aromatic rings. The Kier molecular flexibility index (Phi) is 5.01. The van der Waals surface area contributed by atoms with Gasteiger partial charge in [0.1, 0.15) is 0 Å². The van der Waals surface area contributed by atoms with Crippen molar-refractivity contribution in [3.05, 3.63) is 17.0 Å². The van der Waals surface area contributed by atoms with Crippen LogP contribution in [0.1, 0.15) is 36.2 Å². The molecule has 138 valence electrons. The van der Waals surface area contributed by atoms with Gasteiger partial charge in [0.05, 0.1) is 5.69 Å². The van der Waals surface area contributed by atoms with Crippen LogP contribution in [0, 0.1) is 19.3 Å². The minimum Gasteiger partial charge on any atom is -0.356 e. The zero-order valence-electron chi connectivity index (χ0n) is 15.9. The van der Waals surface area contributed by atoms with E-state index in [4.69, 9.17) is 0 Å². The van der Waals surface area contributed by atoms with E-state index in [0.29, 0.717) is 6.42 Å². The van der Waals surface area contributed by atoms with Crippen LogP contribution in [-0.2, 0) is 18.3 Å². The highest BCUT2D eigenvalue weighted by molar-refractivity contribution is 5.81. The van der Waals surface area contributed by atoms with Crippen molar-refractivity contribution in [2.24, 2.45) is 17.5 Å². The second-order valence-electron chi connectivity index (χ2n) is 7.48. The molecule has 3 heterocycles. The van der Waals surface area contributed by atoms with E-state index in [9.17, 15) is 4.79 Å². The number of carbonyl (C=O) groups is 1. The van der Waals surface area contributed by atoms with Crippen LogP contribution in [0.3, 0.4) is 0 Å². The number of hydrogen-bond donors (Lipinski definition) is 2. The Morgan fingerprint density at radius 1 is 1.44 bits per heavy atom. The molecule has 25 heavy (non-hydrogen) atoms. The lowest BCUT2D eigenvalue weighted by atomic mass is 9.79. The number of nitrogens with one attached hydrogen (secondary N) is 2. The molecule has 1 spiro atoms. The normalized spacial score (nSPS) is 24.1. The maximum absolute atomic E-state index is 11.7. The molecule has 1 amide bonds. The van der Waals surface area contributed by atoms with Crippen LogP contribution >= 0.6 is 0 Å². The van der Waals surface area contributed by atoms with Crippen molar-refractivity contribution < 1.29 is 4.79 Å². The largest absolute Gasteiger partial charge is 0.356 e. The number of aliphatic imine (C=N–C) groups is 1. The third-order valence-corrected chi connectivity index (χ3v) is 5.69. The van der Waals surface area contributed by atoms with Gasteiger partial charge in [-0.25, -0.2) is 0 Å². The van der Waals surface area contributed by atoms with Crippen LogP contribution in [0.5, 0.6) is 0 Å². The fourth-order valence-electron chi connectivity index (χ4n) is 4.24. The van der Waals surface area contributed by atoms with Crippen molar-refractivity contribution in [2.75, 3.05) is 33.2 Å². The lowest BCUT2D eigenvalue weighted by Gasteiger charge is -2.40. The monoisotopic (exact) mass is 346 g/mol. The van der Waals surface area contributed by atoms with E-state index >= 15 is 0 Å². The Bertz CT molecular complexity index is 679. The molecule has 7 heteroatoms. The average molecular weight is 346 g/mol. The number of aryl methyl sites for hydroxylation is 2. The summed E-state index contributed by atoms with van der Waals surface area (Å²) < 4.78 is 1.94. The molecule has 1 atom stereocenters. The average Bonchev–Trinajstić information content (AvgIpc) is 3.05. The number of piperidine rings is 1. The molecule has 1 unspecified atom stereocenters. The first-order valence-electron chi connectivity index (χ1n) is 9.15. The third kappa shape index (κ3) is 3.65. The Balaban J connectivity index is 1.58. The standard InChI is InChI=1S/C18H30N6O/c1-13-15(14(2)23(4)22-13)6-8-20-17(19-3)24-9-5-7-18(12-24)10-16(25)21-11-18/h5-12H2,1-4H3,(H,19,20)(H,21,25). The van der Waals surface area contributed by atoms with E-state index in [1.54, 1.807) is 0 Å². The molecule has 0 radical (unpaired) electrons. The van der Waals surface area contributed by atoms with Crippen LogP contribution in [0.15, 0.2) is 4.99 Å². The van der Waals surface area contributed by atoms with E-state index in [1.807, 2.05) is 18.8 Å². The molecule has 0 bridgehead atoms. The van der Waals surface area contributed by atoms with Crippen LogP contribution in [0.2, 0.25) is 0 Å². The van der Waals surface area contributed by atoms with Gasteiger partial charge in [0.15, 0.2) is 5.96 Å². The number of aromatic nitrogens is 2. The highest BCUT2D eigenvalue weighted by Gasteiger charge is 2.42. The minimum atomic E-state index is 0.0868. The fourth-order valence-corrected chi connectivity index (χ4v) is 4.24. The molecule has 2 saturated heterocycles. The second-order valence-corrected chi connectivity index (χ2v) is 7.48. The first kappa shape index (κ1) is 17.8. The molecule has 1 aromatic heterocycles. The first-order valence-corrected chi connectivity index (χ1v) is 9.15. The van der Waals surface area contributed by atoms with E-state index in [1.165, 1.54) is 11.3 Å². The van der Waals surface area contributed by atoms with Gasteiger partial charge in [-0.3, -0.25) is 14.5 Å². The van der Waals surface area contributed by atoms with Crippen molar-refractivity contribution in [1.82, 2.24) is 25.3 Å². The van der Waals surface area contributed by atoms with Gasteiger partial charge in [0, 0.05) is 57.8 Å². The van der Waals surface area contributed by atoms with Gasteiger partial charge in [-0.15, -0.1) is 0 Å². The summed E-state index contributed by atoms with van der Waals surface area (Å²) in [5.74, 6) is 1.13. The topological polar surface area (TPSA) is 74.6 Å². The third-order valence-electron chi connectivity index (χ3n) is 5.69. The summed E-state index contributed by atoms with van der Waals surface area (Å²) in [6.07, 6.45) is 3.81. The summed E-state index contributed by atoms with van der Waals surface area (Å²) in [4.78, 5) is 18.5. The van der Waals surface area contributed by atoms with Crippen LogP contribution in [0.25, 0.3) is 0 Å². The summed E-state index contributed by atoms with van der Waals surface area (Å²) in [5.41, 5.74) is 3.72. The summed E-state index contributed by atoms with van der Waals surface area (Å²) in [7, 11) is 3.82. The molecular weight excluding hydrogens is 316 g/mol. The number of amides is 1. The van der Waals surface area contributed by atoms with Gasteiger partial charge in [0.25, 0.3) is 0 Å². The van der Waals surface area contributed by atoms with Crippen molar-refractivity contribution >= 4 is 11.9 Å². The fraction of sp³-hybridized carbons (Fsp3) is 0.722. The maximum Gasteiger partial charge on any atom is 0.220 e. The van der Waals surface area contributed by atoms with Crippen molar-refractivity contribution in [3.63, 3.8) is 0 Å². The Hall–Kier alpha value is -2.05. The SMILES string of the molecule is CN=C(NCCc1c(C)nn(C)c1C)N1CCCC2(CNC(=O)C2)C1. The number of carbonyl (C=O) groups excluding carboxylic acids is 1. The quantitative estimate of drug-likeness (QED) is 0.626. The van der Waals surface area contributed by atoms with Gasteiger partial charge in [0.2, 0.25) is 5.91 Å². The summed E-state index contributed by atoms with van der Waals surface area (Å²) in [6.45, 7) is 7.71. The first-order chi connectivity index (χ1) is 11.9. The summed E-state index contributed by atoms with van der Waals surface area (Å²) >= 11 is 0. The number of guanidine groups is 1. The molecule has 0 aliphatic carbocycles. The molecule has 2 aliphatic rings. The number of likely N-dealkylation sites (tertiary alicyclic amines) is 1. The Morgan fingerprint density at radius 2 is 2.24 bits per heavy atom. The summed E-state index contributed by atoms with van der Waals surface area (Å²) in [6, 6.07) is 0. The van der Waals surface area contributed by atoms with Gasteiger partial charge in [-0.1, -0.05) is 0 Å². The number of hydrogen-bond acceptors (Lipinski definition) is 3. The molecule has 7 nitrogen and oxygen atoms in total. The zero-order chi connectivity index (χ0) is 18.0. The highest BCUT2D eigenvalue weighted by Crippen LogP contribution is 2.35. The maximum atomic E-state index is 11.7. The van der Waals surface area contributed by atoms with Crippen LogP contribution < -0.4 is 10.6 Å². The summed E-state index contributed by atoms with van der Waals surface area (Å²) in [5, 5.41) is 11.0. The Labute approximate surface area is 149 Å². The van der Waals surface area contributed by atoms with Gasteiger partial charge in [-0.05, 0) is 38.7 Å². The molecule has 3 rings (SSSR count). The van der Waals surface area contributed by atoms with Gasteiger partial charge in [-0.2, -0.15) is 5.10 Å². The van der Waals surface area contributed by atoms with Crippen molar-refractivity contribution in [2.45, 2.75) is 39.5 Å². The van der Waals surface area contributed by atoms with E-state index in [2.05, 4.69) is 39.5 Å².